The molecule has 0 saturated carbocycles. The van der Waals surface area contributed by atoms with Gasteiger partial charge in [0.15, 0.2) is 5.95 Å². The van der Waals surface area contributed by atoms with Gasteiger partial charge in [-0.2, -0.15) is 5.10 Å². The average molecular weight is 225 g/mol. The highest BCUT2D eigenvalue weighted by Crippen LogP contribution is 2.12. The molecule has 2 heterocycles. The Labute approximate surface area is 96.7 Å². The van der Waals surface area contributed by atoms with E-state index in [2.05, 4.69) is 26.7 Å². The highest BCUT2D eigenvalue weighted by molar-refractivity contribution is 5.80. The largest absolute Gasteiger partial charge is 0.369 e. The van der Waals surface area contributed by atoms with E-state index in [1.165, 1.54) is 0 Å². The van der Waals surface area contributed by atoms with E-state index in [-0.39, 0.29) is 0 Å². The molecule has 0 bridgehead atoms. The van der Waals surface area contributed by atoms with Crippen molar-refractivity contribution in [1.29, 1.82) is 0 Å². The molecule has 0 fully saturated rings. The average Bonchev–Trinajstić information content (AvgIpc) is 2.85. The summed E-state index contributed by atoms with van der Waals surface area (Å²) < 4.78 is 0. The van der Waals surface area contributed by atoms with Crippen molar-refractivity contribution < 1.29 is 0 Å². The van der Waals surface area contributed by atoms with Crippen molar-refractivity contribution in [3.63, 3.8) is 0 Å². The first-order valence-corrected chi connectivity index (χ1v) is 5.18. The minimum absolute atomic E-state index is 0.380. The summed E-state index contributed by atoms with van der Waals surface area (Å²) >= 11 is 0. The fourth-order valence-electron chi connectivity index (χ4n) is 1.77. The standard InChI is InChI=1S/C12H11N5/c1-7-11(16-12(13)15-7)5-8-2-3-10-9(4-8)6-14-17-10/h2-6H,1H2,(H,14,17)(H3,13,15,16)/b11-5-. The van der Waals surface area contributed by atoms with Crippen LogP contribution in [-0.4, -0.2) is 20.2 Å². The second-order valence-corrected chi connectivity index (χ2v) is 3.85. The van der Waals surface area contributed by atoms with E-state index >= 15 is 0 Å². The van der Waals surface area contributed by atoms with Crippen LogP contribution in [0.3, 0.4) is 0 Å². The molecule has 17 heavy (non-hydrogen) atoms. The zero-order valence-electron chi connectivity index (χ0n) is 9.07. The lowest BCUT2D eigenvalue weighted by molar-refractivity contribution is 1.12. The molecule has 2 aromatic heterocycles. The summed E-state index contributed by atoms with van der Waals surface area (Å²) in [6, 6.07) is 6.00. The molecule has 0 spiro atoms. The molecule has 0 aliphatic carbocycles. The minimum atomic E-state index is 0.380. The summed E-state index contributed by atoms with van der Waals surface area (Å²) in [5, 5.41) is 9.42. The van der Waals surface area contributed by atoms with E-state index in [1.807, 2.05) is 24.3 Å². The summed E-state index contributed by atoms with van der Waals surface area (Å²) in [6.07, 6.45) is 3.72. The van der Waals surface area contributed by atoms with E-state index in [4.69, 9.17) is 5.73 Å². The van der Waals surface area contributed by atoms with Gasteiger partial charge in [-0.3, -0.25) is 5.10 Å². The van der Waals surface area contributed by atoms with Gasteiger partial charge in [0.25, 0.3) is 0 Å². The summed E-state index contributed by atoms with van der Waals surface area (Å²) in [5.41, 5.74) is 7.62. The van der Waals surface area contributed by atoms with Crippen molar-refractivity contribution >= 4 is 29.5 Å². The van der Waals surface area contributed by atoms with Gasteiger partial charge in [0.05, 0.1) is 22.4 Å². The molecule has 3 aromatic rings. The normalized spacial score (nSPS) is 12.4. The molecule has 0 saturated heterocycles. The van der Waals surface area contributed by atoms with E-state index in [0.29, 0.717) is 5.95 Å². The van der Waals surface area contributed by atoms with Crippen LogP contribution < -0.4 is 16.4 Å². The summed E-state index contributed by atoms with van der Waals surface area (Å²) in [5.74, 6) is 0.380. The van der Waals surface area contributed by atoms with Crippen LogP contribution in [0.15, 0.2) is 24.4 Å². The monoisotopic (exact) mass is 225 g/mol. The number of nitrogens with zero attached hydrogens (tertiary/aromatic N) is 2. The Hall–Kier alpha value is -2.56. The van der Waals surface area contributed by atoms with Gasteiger partial charge in [-0.1, -0.05) is 12.6 Å². The van der Waals surface area contributed by atoms with Crippen LogP contribution in [0, 0.1) is 0 Å². The minimum Gasteiger partial charge on any atom is -0.369 e. The number of aromatic nitrogens is 4. The van der Waals surface area contributed by atoms with Crippen molar-refractivity contribution in [1.82, 2.24) is 20.2 Å². The molecular formula is C12H11N5. The van der Waals surface area contributed by atoms with E-state index in [0.717, 1.165) is 27.2 Å². The molecule has 1 aromatic carbocycles. The van der Waals surface area contributed by atoms with Crippen LogP contribution in [0.5, 0.6) is 0 Å². The number of nitrogens with one attached hydrogen (secondary N) is 2. The molecule has 5 heteroatoms. The van der Waals surface area contributed by atoms with Crippen LogP contribution in [0.4, 0.5) is 5.95 Å². The maximum atomic E-state index is 5.57. The molecule has 0 aliphatic heterocycles. The number of imidazole rings is 1. The van der Waals surface area contributed by atoms with Crippen molar-refractivity contribution in [2.24, 2.45) is 0 Å². The van der Waals surface area contributed by atoms with Gasteiger partial charge in [-0.25, -0.2) is 4.98 Å². The maximum Gasteiger partial charge on any atom is 0.198 e. The molecule has 0 radical (unpaired) electrons. The predicted octanol–water partition coefficient (Wildman–Crippen LogP) is 0.107. The summed E-state index contributed by atoms with van der Waals surface area (Å²) in [7, 11) is 0. The number of rotatable bonds is 1. The van der Waals surface area contributed by atoms with Gasteiger partial charge in [0, 0.05) is 5.39 Å². The van der Waals surface area contributed by atoms with Gasteiger partial charge in [-0.15, -0.1) is 0 Å². The number of nitrogen functional groups attached to an aromatic ring is 1. The van der Waals surface area contributed by atoms with E-state index in [1.54, 1.807) is 6.20 Å². The highest BCUT2D eigenvalue weighted by Gasteiger charge is 1.97. The van der Waals surface area contributed by atoms with Crippen molar-refractivity contribution in [3.05, 3.63) is 40.7 Å². The lowest BCUT2D eigenvalue weighted by Crippen LogP contribution is -2.22. The second kappa shape index (κ2) is 3.48. The number of aromatic amines is 2. The molecule has 5 nitrogen and oxygen atoms in total. The zero-order chi connectivity index (χ0) is 11.8. The van der Waals surface area contributed by atoms with Gasteiger partial charge in [0.2, 0.25) is 0 Å². The topological polar surface area (TPSA) is 83.4 Å². The molecule has 4 N–H and O–H groups in total. The maximum absolute atomic E-state index is 5.57. The zero-order valence-corrected chi connectivity index (χ0v) is 9.07. The van der Waals surface area contributed by atoms with Crippen LogP contribution in [0.1, 0.15) is 5.56 Å². The lowest BCUT2D eigenvalue weighted by Gasteiger charge is -1.92. The van der Waals surface area contributed by atoms with Crippen molar-refractivity contribution in [2.75, 3.05) is 5.73 Å². The van der Waals surface area contributed by atoms with Crippen LogP contribution in [0.2, 0.25) is 0 Å². The fraction of sp³-hybridized carbons (Fsp3) is 0. The summed E-state index contributed by atoms with van der Waals surface area (Å²) in [6.45, 7) is 3.84. The Balaban J connectivity index is 2.19. The number of benzene rings is 1. The first kappa shape index (κ1) is 9.65. The van der Waals surface area contributed by atoms with Crippen LogP contribution >= 0.6 is 0 Å². The molecule has 0 amide bonds. The molecule has 3 rings (SSSR count). The Morgan fingerprint density at radius 1 is 1.35 bits per heavy atom. The molecule has 0 atom stereocenters. The SMILES string of the molecule is C=c1[nH]c(N)n/c1=C\c1ccc2[nH]ncc2c1. The highest BCUT2D eigenvalue weighted by atomic mass is 15.1. The van der Waals surface area contributed by atoms with Gasteiger partial charge in [-0.05, 0) is 23.8 Å². The van der Waals surface area contributed by atoms with Gasteiger partial charge >= 0.3 is 0 Å². The number of hydrogen-bond acceptors (Lipinski definition) is 3. The van der Waals surface area contributed by atoms with Crippen molar-refractivity contribution in [2.45, 2.75) is 0 Å². The van der Waals surface area contributed by atoms with Gasteiger partial charge < -0.3 is 10.7 Å². The van der Waals surface area contributed by atoms with E-state index in [9.17, 15) is 0 Å². The third-order valence-electron chi connectivity index (χ3n) is 2.60. The third kappa shape index (κ3) is 1.67. The first-order chi connectivity index (χ1) is 8.22. The fourth-order valence-corrected chi connectivity index (χ4v) is 1.77. The first-order valence-electron chi connectivity index (χ1n) is 5.18. The Morgan fingerprint density at radius 3 is 3.00 bits per heavy atom. The lowest BCUT2D eigenvalue weighted by atomic mass is 10.1. The molecule has 0 unspecified atom stereocenters. The summed E-state index contributed by atoms with van der Waals surface area (Å²) in [4.78, 5) is 7.02. The molecular weight excluding hydrogens is 214 g/mol. The van der Waals surface area contributed by atoms with Crippen molar-refractivity contribution in [3.8, 4) is 0 Å². The van der Waals surface area contributed by atoms with E-state index < -0.39 is 0 Å². The number of anilines is 1. The molecule has 84 valence electrons. The molecule has 0 aliphatic rings. The van der Waals surface area contributed by atoms with Gasteiger partial charge in [0.1, 0.15) is 0 Å². The Morgan fingerprint density at radius 2 is 2.24 bits per heavy atom. The predicted molar refractivity (Wildman–Crippen MR) is 67.4 cm³/mol. The second-order valence-electron chi connectivity index (χ2n) is 3.85. The number of nitrogens with two attached hydrogens (primary N) is 1. The number of H-pyrrole nitrogens is 2. The quantitative estimate of drug-likeness (QED) is 0.549. The van der Waals surface area contributed by atoms with Crippen LogP contribution in [0.25, 0.3) is 23.6 Å². The van der Waals surface area contributed by atoms with Crippen LogP contribution in [-0.2, 0) is 0 Å². The number of fused-ring (bicyclic) bond motifs is 1. The Kier molecular flexibility index (Phi) is 1.98. The third-order valence-corrected chi connectivity index (χ3v) is 2.60. The smallest absolute Gasteiger partial charge is 0.198 e. The number of hydrogen-bond donors (Lipinski definition) is 3. The Bertz CT molecular complexity index is 781.